The summed E-state index contributed by atoms with van der Waals surface area (Å²) in [4.78, 5) is 14.3. The SMILES string of the molecule is CC(C)c1ccc(CCC(=O)N(C)[C@H](C)CCc2ccco2)cc1. The maximum Gasteiger partial charge on any atom is 0.222 e. The van der Waals surface area contributed by atoms with Gasteiger partial charge in [0, 0.05) is 25.9 Å². The van der Waals surface area contributed by atoms with Gasteiger partial charge in [-0.05, 0) is 48.9 Å². The molecule has 0 aliphatic carbocycles. The Morgan fingerprint density at radius 3 is 2.38 bits per heavy atom. The molecule has 3 nitrogen and oxygen atoms in total. The highest BCUT2D eigenvalue weighted by atomic mass is 16.3. The smallest absolute Gasteiger partial charge is 0.222 e. The molecule has 0 unspecified atom stereocenters. The Morgan fingerprint density at radius 2 is 1.79 bits per heavy atom. The topological polar surface area (TPSA) is 33.5 Å². The molecule has 0 spiro atoms. The van der Waals surface area contributed by atoms with Crippen LogP contribution < -0.4 is 0 Å². The van der Waals surface area contributed by atoms with Gasteiger partial charge in [0.25, 0.3) is 0 Å². The number of hydrogen-bond donors (Lipinski definition) is 0. The predicted molar refractivity (Wildman–Crippen MR) is 98.1 cm³/mol. The van der Waals surface area contributed by atoms with Gasteiger partial charge in [-0.1, -0.05) is 38.1 Å². The summed E-state index contributed by atoms with van der Waals surface area (Å²) in [5.74, 6) is 1.73. The number of hydrogen-bond acceptors (Lipinski definition) is 2. The summed E-state index contributed by atoms with van der Waals surface area (Å²) in [6, 6.07) is 12.7. The van der Waals surface area contributed by atoms with E-state index in [1.165, 1.54) is 11.1 Å². The fourth-order valence-corrected chi connectivity index (χ4v) is 2.74. The van der Waals surface area contributed by atoms with Crippen LogP contribution in [0.1, 0.15) is 56.4 Å². The van der Waals surface area contributed by atoms with Gasteiger partial charge in [-0.25, -0.2) is 0 Å². The molecular weight excluding hydrogens is 298 g/mol. The highest BCUT2D eigenvalue weighted by Gasteiger charge is 2.16. The molecule has 0 bridgehead atoms. The third-order valence-electron chi connectivity index (χ3n) is 4.72. The van der Waals surface area contributed by atoms with Gasteiger partial charge < -0.3 is 9.32 Å². The molecule has 1 aromatic heterocycles. The Balaban J connectivity index is 1.78. The Labute approximate surface area is 145 Å². The first-order chi connectivity index (χ1) is 11.5. The number of carbonyl (C=O) groups is 1. The summed E-state index contributed by atoms with van der Waals surface area (Å²) in [5.41, 5.74) is 2.57. The predicted octanol–water partition coefficient (Wildman–Crippen LogP) is 4.82. The first kappa shape index (κ1) is 18.3. The number of furan rings is 1. The van der Waals surface area contributed by atoms with Crippen molar-refractivity contribution in [3.8, 4) is 0 Å². The van der Waals surface area contributed by atoms with E-state index in [1.54, 1.807) is 6.26 Å². The molecule has 0 saturated heterocycles. The van der Waals surface area contributed by atoms with Crippen molar-refractivity contribution >= 4 is 5.91 Å². The summed E-state index contributed by atoms with van der Waals surface area (Å²) in [7, 11) is 1.90. The van der Waals surface area contributed by atoms with Crippen molar-refractivity contribution in [2.75, 3.05) is 7.05 Å². The zero-order chi connectivity index (χ0) is 17.5. The van der Waals surface area contributed by atoms with Crippen molar-refractivity contribution < 1.29 is 9.21 Å². The fraction of sp³-hybridized carbons (Fsp3) is 0.476. The molecule has 1 atom stereocenters. The lowest BCUT2D eigenvalue weighted by Gasteiger charge is -2.25. The Morgan fingerprint density at radius 1 is 1.08 bits per heavy atom. The Hall–Kier alpha value is -2.03. The van der Waals surface area contributed by atoms with E-state index in [0.29, 0.717) is 12.3 Å². The molecule has 0 radical (unpaired) electrons. The number of rotatable bonds is 8. The third kappa shape index (κ3) is 5.26. The van der Waals surface area contributed by atoms with Gasteiger partial charge in [-0.15, -0.1) is 0 Å². The van der Waals surface area contributed by atoms with Crippen LogP contribution in [0.5, 0.6) is 0 Å². The highest BCUT2D eigenvalue weighted by Crippen LogP contribution is 2.16. The molecule has 0 aliphatic heterocycles. The summed E-state index contributed by atoms with van der Waals surface area (Å²) in [5, 5.41) is 0. The summed E-state index contributed by atoms with van der Waals surface area (Å²) in [6.07, 6.45) is 4.83. The molecule has 1 amide bonds. The Kier molecular flexibility index (Phi) is 6.65. The third-order valence-corrected chi connectivity index (χ3v) is 4.72. The van der Waals surface area contributed by atoms with E-state index in [4.69, 9.17) is 4.42 Å². The molecule has 1 aromatic carbocycles. The first-order valence-corrected chi connectivity index (χ1v) is 8.84. The van der Waals surface area contributed by atoms with E-state index < -0.39 is 0 Å². The second-order valence-corrected chi connectivity index (χ2v) is 6.87. The van der Waals surface area contributed by atoms with Gasteiger partial charge in [0.2, 0.25) is 5.91 Å². The lowest BCUT2D eigenvalue weighted by Crippen LogP contribution is -2.35. The van der Waals surface area contributed by atoms with E-state index in [-0.39, 0.29) is 11.9 Å². The molecule has 3 heteroatoms. The van der Waals surface area contributed by atoms with Gasteiger partial charge in [-0.3, -0.25) is 4.79 Å². The lowest BCUT2D eigenvalue weighted by molar-refractivity contribution is -0.131. The second-order valence-electron chi connectivity index (χ2n) is 6.87. The van der Waals surface area contributed by atoms with Crippen LogP contribution >= 0.6 is 0 Å². The van der Waals surface area contributed by atoms with E-state index in [0.717, 1.165) is 25.0 Å². The van der Waals surface area contributed by atoms with Crippen LogP contribution in [0.2, 0.25) is 0 Å². The van der Waals surface area contributed by atoms with Crippen molar-refractivity contribution in [3.05, 3.63) is 59.5 Å². The van der Waals surface area contributed by atoms with Gasteiger partial charge in [0.15, 0.2) is 0 Å². The van der Waals surface area contributed by atoms with Crippen LogP contribution in [0.3, 0.4) is 0 Å². The van der Waals surface area contributed by atoms with Crippen LogP contribution in [0.15, 0.2) is 47.1 Å². The quantitative estimate of drug-likeness (QED) is 0.697. The summed E-state index contributed by atoms with van der Waals surface area (Å²) < 4.78 is 5.35. The van der Waals surface area contributed by atoms with Crippen molar-refractivity contribution in [2.24, 2.45) is 0 Å². The van der Waals surface area contributed by atoms with E-state index >= 15 is 0 Å². The average molecular weight is 327 g/mol. The lowest BCUT2D eigenvalue weighted by atomic mass is 10.00. The maximum absolute atomic E-state index is 12.4. The molecule has 2 rings (SSSR count). The van der Waals surface area contributed by atoms with E-state index in [2.05, 4.69) is 45.0 Å². The molecule has 0 fully saturated rings. The standard InChI is InChI=1S/C21H29NO2/c1-16(2)19-11-8-18(9-12-19)10-14-21(23)22(4)17(3)7-13-20-6-5-15-24-20/h5-6,8-9,11-12,15-17H,7,10,13-14H2,1-4H3/t17-/m1/s1. The average Bonchev–Trinajstić information content (AvgIpc) is 3.10. The second kappa shape index (κ2) is 8.72. The molecular formula is C21H29NO2. The zero-order valence-electron chi connectivity index (χ0n) is 15.3. The normalized spacial score (nSPS) is 12.4. The minimum Gasteiger partial charge on any atom is -0.469 e. The van der Waals surface area contributed by atoms with Crippen LogP contribution in [0, 0.1) is 0 Å². The number of nitrogens with zero attached hydrogens (tertiary/aromatic N) is 1. The number of amides is 1. The van der Waals surface area contributed by atoms with Gasteiger partial charge in [0.1, 0.15) is 5.76 Å². The van der Waals surface area contributed by atoms with Crippen LogP contribution in [0.4, 0.5) is 0 Å². The monoisotopic (exact) mass is 327 g/mol. The number of benzene rings is 1. The van der Waals surface area contributed by atoms with Crippen molar-refractivity contribution in [1.29, 1.82) is 0 Å². The van der Waals surface area contributed by atoms with Gasteiger partial charge >= 0.3 is 0 Å². The zero-order valence-corrected chi connectivity index (χ0v) is 15.3. The van der Waals surface area contributed by atoms with Crippen molar-refractivity contribution in [3.63, 3.8) is 0 Å². The van der Waals surface area contributed by atoms with Crippen LogP contribution in [-0.4, -0.2) is 23.9 Å². The molecule has 130 valence electrons. The van der Waals surface area contributed by atoms with Gasteiger partial charge in [0.05, 0.1) is 6.26 Å². The van der Waals surface area contributed by atoms with Crippen molar-refractivity contribution in [2.45, 2.75) is 58.4 Å². The summed E-state index contributed by atoms with van der Waals surface area (Å²) >= 11 is 0. The largest absolute Gasteiger partial charge is 0.469 e. The van der Waals surface area contributed by atoms with Crippen LogP contribution in [0.25, 0.3) is 0 Å². The molecule has 0 N–H and O–H groups in total. The van der Waals surface area contributed by atoms with E-state index in [1.807, 2.05) is 24.1 Å². The Bertz CT molecular complexity index is 614. The van der Waals surface area contributed by atoms with Gasteiger partial charge in [-0.2, -0.15) is 0 Å². The maximum atomic E-state index is 12.4. The van der Waals surface area contributed by atoms with Crippen molar-refractivity contribution in [1.82, 2.24) is 4.90 Å². The minimum atomic E-state index is 0.204. The molecule has 0 aliphatic rings. The molecule has 2 aromatic rings. The summed E-state index contributed by atoms with van der Waals surface area (Å²) in [6.45, 7) is 6.48. The fourth-order valence-electron chi connectivity index (χ4n) is 2.74. The molecule has 0 saturated carbocycles. The van der Waals surface area contributed by atoms with E-state index in [9.17, 15) is 4.79 Å². The van der Waals surface area contributed by atoms with Crippen LogP contribution in [-0.2, 0) is 17.6 Å². The number of aryl methyl sites for hydroxylation is 2. The first-order valence-electron chi connectivity index (χ1n) is 8.84. The number of carbonyl (C=O) groups excluding carboxylic acids is 1. The highest BCUT2D eigenvalue weighted by molar-refractivity contribution is 5.76. The minimum absolute atomic E-state index is 0.204. The molecule has 24 heavy (non-hydrogen) atoms. The molecule has 1 heterocycles.